The van der Waals surface area contributed by atoms with Crippen LogP contribution in [0.3, 0.4) is 0 Å². The Morgan fingerprint density at radius 3 is 2.22 bits per heavy atom. The van der Waals surface area contributed by atoms with E-state index in [1.807, 2.05) is 31.2 Å². The fourth-order valence-corrected chi connectivity index (χ4v) is 3.68. The zero-order valence-electron chi connectivity index (χ0n) is 20.5. The molecule has 0 bridgehead atoms. The van der Waals surface area contributed by atoms with Crippen molar-refractivity contribution in [3.05, 3.63) is 36.0 Å². The molecule has 12 heteroatoms. The predicted octanol–water partition coefficient (Wildman–Crippen LogP) is -1.00. The van der Waals surface area contributed by atoms with Gasteiger partial charge in [-0.1, -0.05) is 38.5 Å². The van der Waals surface area contributed by atoms with Gasteiger partial charge in [-0.3, -0.25) is 14.4 Å². The minimum absolute atomic E-state index is 0.00502. The van der Waals surface area contributed by atoms with E-state index in [9.17, 15) is 29.4 Å². The number of para-hydroxylation sites is 1. The summed E-state index contributed by atoms with van der Waals surface area (Å²) in [5.41, 5.74) is 7.08. The molecule has 0 aliphatic rings. The number of hydrogen-bond donors (Lipinski definition) is 8. The maximum atomic E-state index is 13.3. The summed E-state index contributed by atoms with van der Waals surface area (Å²) in [6, 6.07) is 2.24. The van der Waals surface area contributed by atoms with Gasteiger partial charge in [0.25, 0.3) is 0 Å². The Morgan fingerprint density at radius 2 is 1.64 bits per heavy atom. The van der Waals surface area contributed by atoms with E-state index in [0.717, 1.165) is 10.9 Å². The van der Waals surface area contributed by atoms with Crippen molar-refractivity contribution < 1.29 is 34.5 Å². The van der Waals surface area contributed by atoms with Gasteiger partial charge in [0.2, 0.25) is 17.7 Å². The summed E-state index contributed by atoms with van der Waals surface area (Å²) in [4.78, 5) is 53.3. The molecule has 1 aromatic heterocycles. The number of carbonyl (C=O) groups excluding carboxylic acids is 3. The number of hydrogen-bond acceptors (Lipinski definition) is 7. The standard InChI is InChI=1S/C24H35N5O7/c1-4-12(2)19(28-21(32)16(25)11-30)23(34)27-18(22(33)29-20(13(3)31)24(35)36)9-14-10-26-17-8-6-5-7-15(14)17/h5-8,10,12-13,16,18-20,26,30-31H,4,9,11,25H2,1-3H3,(H,27,34)(H,28,32)(H,29,33)(H,35,36). The van der Waals surface area contributed by atoms with Crippen molar-refractivity contribution in [2.45, 2.75) is 63.9 Å². The first-order valence-corrected chi connectivity index (χ1v) is 11.7. The Kier molecular flexibility index (Phi) is 10.4. The van der Waals surface area contributed by atoms with Crippen LogP contribution in [0.1, 0.15) is 32.8 Å². The number of carboxylic acids is 1. The molecule has 1 heterocycles. The van der Waals surface area contributed by atoms with E-state index in [-0.39, 0.29) is 12.3 Å². The van der Waals surface area contributed by atoms with Crippen molar-refractivity contribution in [1.29, 1.82) is 0 Å². The molecule has 0 saturated heterocycles. The molecule has 0 fully saturated rings. The summed E-state index contributed by atoms with van der Waals surface area (Å²) in [5.74, 6) is -4.00. The molecule has 0 radical (unpaired) electrons. The molecular weight excluding hydrogens is 470 g/mol. The zero-order chi connectivity index (χ0) is 27.0. The first-order valence-electron chi connectivity index (χ1n) is 11.7. The number of nitrogens with one attached hydrogen (secondary N) is 4. The van der Waals surface area contributed by atoms with E-state index < -0.39 is 60.6 Å². The lowest BCUT2D eigenvalue weighted by molar-refractivity contribution is -0.145. The molecular formula is C24H35N5O7. The number of aliphatic carboxylic acids is 1. The van der Waals surface area contributed by atoms with Gasteiger partial charge in [-0.2, -0.15) is 0 Å². The third-order valence-electron chi connectivity index (χ3n) is 6.10. The number of aliphatic hydroxyl groups is 2. The molecule has 3 amide bonds. The van der Waals surface area contributed by atoms with Crippen LogP contribution in [0.4, 0.5) is 0 Å². The first-order chi connectivity index (χ1) is 17.0. The summed E-state index contributed by atoms with van der Waals surface area (Å²) < 4.78 is 0. The lowest BCUT2D eigenvalue weighted by Gasteiger charge is -2.28. The Balaban J connectivity index is 2.35. The van der Waals surface area contributed by atoms with Crippen LogP contribution in [0.2, 0.25) is 0 Å². The number of carboxylic acid groups (broad SMARTS) is 1. The molecule has 0 spiro atoms. The van der Waals surface area contributed by atoms with Crippen LogP contribution in [0.25, 0.3) is 10.9 Å². The topological polar surface area (TPSA) is 207 Å². The average molecular weight is 506 g/mol. The van der Waals surface area contributed by atoms with Crippen molar-refractivity contribution in [3.8, 4) is 0 Å². The van der Waals surface area contributed by atoms with Gasteiger partial charge >= 0.3 is 5.97 Å². The van der Waals surface area contributed by atoms with Crippen LogP contribution >= 0.6 is 0 Å². The maximum absolute atomic E-state index is 13.3. The van der Waals surface area contributed by atoms with Crippen LogP contribution in [0.5, 0.6) is 0 Å². The van der Waals surface area contributed by atoms with Gasteiger partial charge in [0, 0.05) is 23.5 Å². The van der Waals surface area contributed by atoms with Crippen molar-refractivity contribution >= 4 is 34.6 Å². The second-order valence-corrected chi connectivity index (χ2v) is 8.85. The molecule has 198 valence electrons. The van der Waals surface area contributed by atoms with E-state index in [1.165, 1.54) is 6.92 Å². The van der Waals surface area contributed by atoms with Crippen LogP contribution in [0, 0.1) is 5.92 Å². The lowest BCUT2D eigenvalue weighted by atomic mass is 9.96. The van der Waals surface area contributed by atoms with Gasteiger partial charge in [-0.25, -0.2) is 4.79 Å². The molecule has 0 aliphatic carbocycles. The highest BCUT2D eigenvalue weighted by molar-refractivity contribution is 5.95. The van der Waals surface area contributed by atoms with Crippen LogP contribution in [0.15, 0.2) is 30.5 Å². The largest absolute Gasteiger partial charge is 0.480 e. The minimum Gasteiger partial charge on any atom is -0.480 e. The molecule has 9 N–H and O–H groups in total. The SMILES string of the molecule is CCC(C)C(NC(=O)C(N)CO)C(=O)NC(Cc1c[nH]c2ccccc12)C(=O)NC(C(=O)O)C(C)O. The fourth-order valence-electron chi connectivity index (χ4n) is 3.68. The number of rotatable bonds is 13. The summed E-state index contributed by atoms with van der Waals surface area (Å²) in [6.07, 6.45) is 0.817. The maximum Gasteiger partial charge on any atom is 0.328 e. The summed E-state index contributed by atoms with van der Waals surface area (Å²) in [5, 5.41) is 36.6. The second-order valence-electron chi connectivity index (χ2n) is 8.85. The van der Waals surface area contributed by atoms with Crippen molar-refractivity contribution in [1.82, 2.24) is 20.9 Å². The summed E-state index contributed by atoms with van der Waals surface area (Å²) in [6.45, 7) is 4.17. The van der Waals surface area contributed by atoms with E-state index in [0.29, 0.717) is 12.0 Å². The van der Waals surface area contributed by atoms with Crippen LogP contribution < -0.4 is 21.7 Å². The number of H-pyrrole nitrogens is 1. The third-order valence-corrected chi connectivity index (χ3v) is 6.10. The number of benzene rings is 1. The van der Waals surface area contributed by atoms with Gasteiger partial charge in [-0.15, -0.1) is 0 Å². The molecule has 0 aliphatic heterocycles. The number of aliphatic hydroxyl groups excluding tert-OH is 2. The second kappa shape index (κ2) is 13.0. The Bertz CT molecular complexity index is 1070. The summed E-state index contributed by atoms with van der Waals surface area (Å²) in [7, 11) is 0. The molecule has 2 rings (SSSR count). The Labute approximate surface area is 208 Å². The Morgan fingerprint density at radius 1 is 1.00 bits per heavy atom. The van der Waals surface area contributed by atoms with E-state index in [1.54, 1.807) is 13.1 Å². The molecule has 0 saturated carbocycles. The highest BCUT2D eigenvalue weighted by Crippen LogP contribution is 2.19. The van der Waals surface area contributed by atoms with Gasteiger partial charge in [0.05, 0.1) is 12.7 Å². The smallest absolute Gasteiger partial charge is 0.328 e. The third kappa shape index (κ3) is 7.26. The molecule has 6 atom stereocenters. The highest BCUT2D eigenvalue weighted by Gasteiger charge is 2.33. The lowest BCUT2D eigenvalue weighted by Crippen LogP contribution is -2.60. The average Bonchev–Trinajstić information content (AvgIpc) is 3.26. The van der Waals surface area contributed by atoms with Crippen LogP contribution in [-0.4, -0.2) is 80.9 Å². The number of amides is 3. The number of aromatic amines is 1. The van der Waals surface area contributed by atoms with E-state index in [2.05, 4.69) is 20.9 Å². The molecule has 36 heavy (non-hydrogen) atoms. The molecule has 2 aromatic rings. The Hall–Kier alpha value is -3.48. The van der Waals surface area contributed by atoms with Gasteiger partial charge in [-0.05, 0) is 24.5 Å². The monoisotopic (exact) mass is 505 g/mol. The van der Waals surface area contributed by atoms with Crippen molar-refractivity contribution in [3.63, 3.8) is 0 Å². The first kappa shape index (κ1) is 28.8. The van der Waals surface area contributed by atoms with E-state index in [4.69, 9.17) is 10.8 Å². The predicted molar refractivity (Wildman–Crippen MR) is 132 cm³/mol. The van der Waals surface area contributed by atoms with Crippen molar-refractivity contribution in [2.75, 3.05) is 6.61 Å². The van der Waals surface area contributed by atoms with E-state index >= 15 is 0 Å². The minimum atomic E-state index is -1.59. The molecule has 1 aromatic carbocycles. The number of fused-ring (bicyclic) bond motifs is 1. The van der Waals surface area contributed by atoms with Crippen molar-refractivity contribution in [2.24, 2.45) is 11.7 Å². The highest BCUT2D eigenvalue weighted by atomic mass is 16.4. The molecule has 6 unspecified atom stereocenters. The zero-order valence-corrected chi connectivity index (χ0v) is 20.5. The quantitative estimate of drug-likeness (QED) is 0.169. The fraction of sp³-hybridized carbons (Fsp3) is 0.500. The van der Waals surface area contributed by atoms with Gasteiger partial charge in [0.15, 0.2) is 6.04 Å². The number of carbonyl (C=O) groups is 4. The van der Waals surface area contributed by atoms with Gasteiger partial charge < -0.3 is 42.0 Å². The summed E-state index contributed by atoms with van der Waals surface area (Å²) >= 11 is 0. The number of nitrogens with two attached hydrogens (primary N) is 1. The molecule has 12 nitrogen and oxygen atoms in total. The normalized spacial score (nSPS) is 16.3. The van der Waals surface area contributed by atoms with Gasteiger partial charge in [0.1, 0.15) is 18.1 Å². The number of aromatic nitrogens is 1. The van der Waals surface area contributed by atoms with Crippen LogP contribution in [-0.2, 0) is 25.6 Å².